The van der Waals surface area contributed by atoms with Crippen molar-refractivity contribution in [3.63, 3.8) is 0 Å². The van der Waals surface area contributed by atoms with Gasteiger partial charge in [-0.15, -0.1) is 11.6 Å². The summed E-state index contributed by atoms with van der Waals surface area (Å²) in [5.41, 5.74) is -5.84. The second kappa shape index (κ2) is 4.87. The van der Waals surface area contributed by atoms with E-state index in [4.69, 9.17) is 11.6 Å². The Kier molecular flexibility index (Phi) is 3.99. The smallest absolute Gasteiger partial charge is 0.258 e. The molecular formula is C9H4ClF6NO2. The van der Waals surface area contributed by atoms with Gasteiger partial charge < -0.3 is 0 Å². The molecule has 0 saturated heterocycles. The molecule has 19 heavy (non-hydrogen) atoms. The lowest BCUT2D eigenvalue weighted by atomic mass is 10.0. The molecule has 0 spiro atoms. The molecule has 0 amide bonds. The Morgan fingerprint density at radius 1 is 1.05 bits per heavy atom. The fourth-order valence-corrected chi connectivity index (χ4v) is 1.61. The summed E-state index contributed by atoms with van der Waals surface area (Å²) in [5.74, 6) is -0.851. The van der Waals surface area contributed by atoms with E-state index in [1.54, 1.807) is 0 Å². The van der Waals surface area contributed by atoms with Gasteiger partial charge in [-0.3, -0.25) is 10.1 Å². The summed E-state index contributed by atoms with van der Waals surface area (Å²) in [5, 5.41) is 10.5. The van der Waals surface area contributed by atoms with Gasteiger partial charge >= 0.3 is 12.4 Å². The van der Waals surface area contributed by atoms with Gasteiger partial charge in [0, 0.05) is 11.9 Å². The summed E-state index contributed by atoms with van der Waals surface area (Å²) >= 11 is 5.15. The largest absolute Gasteiger partial charge is 0.423 e. The zero-order valence-electron chi connectivity index (χ0n) is 8.77. The van der Waals surface area contributed by atoms with Gasteiger partial charge in [0.05, 0.1) is 10.5 Å². The maximum absolute atomic E-state index is 12.5. The molecule has 0 unspecified atom stereocenters. The number of nitro benzene ring substituents is 1. The van der Waals surface area contributed by atoms with Crippen LogP contribution in [-0.4, -0.2) is 4.92 Å². The number of nitrogens with zero attached hydrogens (tertiary/aromatic N) is 1. The number of hydrogen-bond donors (Lipinski definition) is 0. The molecule has 0 radical (unpaired) electrons. The van der Waals surface area contributed by atoms with Crippen molar-refractivity contribution >= 4 is 17.3 Å². The first-order valence-electron chi connectivity index (χ1n) is 4.50. The van der Waals surface area contributed by atoms with Crippen LogP contribution < -0.4 is 0 Å². The molecule has 0 saturated carbocycles. The lowest BCUT2D eigenvalue weighted by Gasteiger charge is -2.14. The molecule has 0 aliphatic rings. The van der Waals surface area contributed by atoms with Gasteiger partial charge in [0.1, 0.15) is 5.56 Å². The van der Waals surface area contributed by atoms with Crippen LogP contribution in [0, 0.1) is 10.1 Å². The van der Waals surface area contributed by atoms with E-state index in [0.29, 0.717) is 0 Å². The number of nitro groups is 1. The summed E-state index contributed by atoms with van der Waals surface area (Å²) in [4.78, 5) is 8.93. The maximum Gasteiger partial charge on any atom is 0.423 e. The minimum atomic E-state index is -5.15. The van der Waals surface area contributed by atoms with Crippen LogP contribution in [-0.2, 0) is 18.2 Å². The normalized spacial score (nSPS) is 12.6. The average molecular weight is 308 g/mol. The van der Waals surface area contributed by atoms with Gasteiger partial charge in [-0.1, -0.05) is 0 Å². The molecule has 0 fully saturated rings. The van der Waals surface area contributed by atoms with Crippen LogP contribution in [0.1, 0.15) is 16.7 Å². The highest BCUT2D eigenvalue weighted by Crippen LogP contribution is 2.42. The topological polar surface area (TPSA) is 43.1 Å². The van der Waals surface area contributed by atoms with Crippen molar-refractivity contribution in [3.05, 3.63) is 38.9 Å². The quantitative estimate of drug-likeness (QED) is 0.352. The molecule has 0 aliphatic carbocycles. The van der Waals surface area contributed by atoms with Crippen LogP contribution in [0.5, 0.6) is 0 Å². The maximum atomic E-state index is 12.5. The summed E-state index contributed by atoms with van der Waals surface area (Å²) in [6.07, 6.45) is -10.2. The third kappa shape index (κ3) is 3.28. The molecule has 0 aliphatic heterocycles. The van der Waals surface area contributed by atoms with E-state index in [1.165, 1.54) is 0 Å². The van der Waals surface area contributed by atoms with Crippen LogP contribution in [0.15, 0.2) is 12.1 Å². The Morgan fingerprint density at radius 3 is 1.84 bits per heavy atom. The Labute approximate surface area is 106 Å². The minimum Gasteiger partial charge on any atom is -0.258 e. The number of hydrogen-bond acceptors (Lipinski definition) is 2. The molecule has 106 valence electrons. The Bertz CT molecular complexity index is 511. The second-order valence-corrected chi connectivity index (χ2v) is 3.68. The molecular weight excluding hydrogens is 304 g/mol. The summed E-state index contributed by atoms with van der Waals surface area (Å²) in [6.45, 7) is 0. The van der Waals surface area contributed by atoms with E-state index in [0.717, 1.165) is 0 Å². The van der Waals surface area contributed by atoms with E-state index in [-0.39, 0.29) is 12.1 Å². The van der Waals surface area contributed by atoms with Gasteiger partial charge in [-0.05, 0) is 11.6 Å². The number of benzene rings is 1. The molecule has 0 N–H and O–H groups in total. The monoisotopic (exact) mass is 307 g/mol. The first-order valence-corrected chi connectivity index (χ1v) is 5.03. The molecule has 0 atom stereocenters. The third-order valence-electron chi connectivity index (χ3n) is 2.17. The number of alkyl halides is 7. The molecule has 3 nitrogen and oxygen atoms in total. The zero-order valence-corrected chi connectivity index (χ0v) is 9.53. The first kappa shape index (κ1) is 15.5. The molecule has 1 aromatic carbocycles. The highest BCUT2D eigenvalue weighted by atomic mass is 35.5. The fraction of sp³-hybridized carbons (Fsp3) is 0.333. The molecule has 1 aromatic rings. The molecule has 1 rings (SSSR count). The van der Waals surface area contributed by atoms with Crippen molar-refractivity contribution in [2.24, 2.45) is 0 Å². The van der Waals surface area contributed by atoms with E-state index in [2.05, 4.69) is 0 Å². The Hall–Kier alpha value is -1.51. The SMILES string of the molecule is O=[N+]([O-])c1cc(C(F)(F)F)c(CCl)cc1C(F)(F)F. The van der Waals surface area contributed by atoms with Crippen molar-refractivity contribution in [3.8, 4) is 0 Å². The number of halogens is 7. The summed E-state index contributed by atoms with van der Waals surface area (Å²) < 4.78 is 75.2. The molecule has 10 heteroatoms. The van der Waals surface area contributed by atoms with Crippen molar-refractivity contribution in [2.75, 3.05) is 0 Å². The standard InChI is InChI=1S/C9H4ClF6NO2/c10-3-4-1-6(9(14,15)16)7(17(18)19)2-5(4)8(11,12)13/h1-2H,3H2. The van der Waals surface area contributed by atoms with E-state index in [9.17, 15) is 36.5 Å². The van der Waals surface area contributed by atoms with Crippen LogP contribution in [0.3, 0.4) is 0 Å². The van der Waals surface area contributed by atoms with E-state index >= 15 is 0 Å². The average Bonchev–Trinajstić information content (AvgIpc) is 2.24. The van der Waals surface area contributed by atoms with Crippen molar-refractivity contribution in [1.29, 1.82) is 0 Å². The Morgan fingerprint density at radius 2 is 1.53 bits per heavy atom. The van der Waals surface area contributed by atoms with Crippen LogP contribution >= 0.6 is 11.6 Å². The van der Waals surface area contributed by atoms with E-state index < -0.39 is 45.5 Å². The van der Waals surface area contributed by atoms with Crippen molar-refractivity contribution < 1.29 is 31.3 Å². The van der Waals surface area contributed by atoms with Gasteiger partial charge in [-0.2, -0.15) is 26.3 Å². The van der Waals surface area contributed by atoms with Crippen molar-refractivity contribution in [1.82, 2.24) is 0 Å². The second-order valence-electron chi connectivity index (χ2n) is 3.41. The van der Waals surface area contributed by atoms with Crippen molar-refractivity contribution in [2.45, 2.75) is 18.2 Å². The van der Waals surface area contributed by atoms with Crippen LogP contribution in [0.4, 0.5) is 32.0 Å². The Balaban J connectivity index is 3.66. The van der Waals surface area contributed by atoms with Crippen LogP contribution in [0.25, 0.3) is 0 Å². The highest BCUT2D eigenvalue weighted by Gasteiger charge is 2.42. The van der Waals surface area contributed by atoms with Gasteiger partial charge in [0.25, 0.3) is 5.69 Å². The van der Waals surface area contributed by atoms with Crippen LogP contribution in [0.2, 0.25) is 0 Å². The minimum absolute atomic E-state index is 0.0496. The first-order chi connectivity index (χ1) is 8.48. The highest BCUT2D eigenvalue weighted by molar-refractivity contribution is 6.17. The molecule has 0 heterocycles. The van der Waals surface area contributed by atoms with E-state index in [1.807, 2.05) is 0 Å². The third-order valence-corrected chi connectivity index (χ3v) is 2.46. The molecule has 0 aromatic heterocycles. The summed E-state index contributed by atoms with van der Waals surface area (Å²) in [6, 6.07) is -0.103. The van der Waals surface area contributed by atoms with Gasteiger partial charge in [-0.25, -0.2) is 0 Å². The van der Waals surface area contributed by atoms with Gasteiger partial charge in [0.2, 0.25) is 0 Å². The zero-order chi connectivity index (χ0) is 15.0. The molecule has 0 bridgehead atoms. The predicted octanol–water partition coefficient (Wildman–Crippen LogP) is 4.37. The lowest BCUT2D eigenvalue weighted by molar-refractivity contribution is -0.388. The summed E-state index contributed by atoms with van der Waals surface area (Å²) in [7, 11) is 0. The lowest BCUT2D eigenvalue weighted by Crippen LogP contribution is -2.15. The number of rotatable bonds is 2. The fourth-order valence-electron chi connectivity index (χ4n) is 1.39. The van der Waals surface area contributed by atoms with Gasteiger partial charge in [0.15, 0.2) is 0 Å². The predicted molar refractivity (Wildman–Crippen MR) is 52.7 cm³/mol.